The van der Waals surface area contributed by atoms with Crippen molar-refractivity contribution in [2.24, 2.45) is 5.92 Å². The van der Waals surface area contributed by atoms with Gasteiger partial charge in [-0.1, -0.05) is 13.8 Å². The van der Waals surface area contributed by atoms with Gasteiger partial charge in [-0.15, -0.1) is 0 Å². The highest BCUT2D eigenvalue weighted by atomic mass is 32.2. The average Bonchev–Trinajstić information content (AvgIpc) is 3.37. The summed E-state index contributed by atoms with van der Waals surface area (Å²) in [7, 11) is -3.66. The lowest BCUT2D eigenvalue weighted by Gasteiger charge is -2.20. The maximum absolute atomic E-state index is 13.0. The molecule has 2 aliphatic rings. The Kier molecular flexibility index (Phi) is 4.13. The summed E-state index contributed by atoms with van der Waals surface area (Å²) >= 11 is 0. The van der Waals surface area contributed by atoms with E-state index in [1.807, 2.05) is 26.1 Å². The summed E-state index contributed by atoms with van der Waals surface area (Å²) in [5, 5.41) is 12.3. The number of aliphatic hydroxyl groups is 1. The van der Waals surface area contributed by atoms with Gasteiger partial charge in [-0.3, -0.25) is 4.98 Å². The molecule has 1 saturated carbocycles. The average molecular weight is 375 g/mol. The maximum Gasteiger partial charge on any atom is 0.241 e. The van der Waals surface area contributed by atoms with Gasteiger partial charge in [0.05, 0.1) is 10.5 Å². The van der Waals surface area contributed by atoms with E-state index in [9.17, 15) is 13.5 Å². The predicted octanol–water partition coefficient (Wildman–Crippen LogP) is 3.20. The molecule has 1 atom stereocenters. The van der Waals surface area contributed by atoms with E-state index in [0.29, 0.717) is 18.9 Å². The van der Waals surface area contributed by atoms with Crippen LogP contribution in [0, 0.1) is 5.92 Å². The summed E-state index contributed by atoms with van der Waals surface area (Å²) in [6, 6.07) is 3.63. The largest absolute Gasteiger partial charge is 0.385 e. The van der Waals surface area contributed by atoms with Gasteiger partial charge in [-0.05, 0) is 61.8 Å². The van der Waals surface area contributed by atoms with Crippen LogP contribution in [0.15, 0.2) is 23.2 Å². The van der Waals surface area contributed by atoms with Gasteiger partial charge < -0.3 is 5.11 Å². The second-order valence-electron chi connectivity index (χ2n) is 8.35. The third-order valence-electron chi connectivity index (χ3n) is 5.53. The second kappa shape index (κ2) is 6.01. The van der Waals surface area contributed by atoms with E-state index in [-0.39, 0.29) is 10.8 Å². The first kappa shape index (κ1) is 17.9. The van der Waals surface area contributed by atoms with Crippen LogP contribution < -0.4 is 4.72 Å². The SMILES string of the molecule is CC(C)CNS(=O)(=O)c1cc2c(c3cnc(C4CC4)cc13)CCC2(C)O. The highest BCUT2D eigenvalue weighted by molar-refractivity contribution is 7.89. The Balaban J connectivity index is 1.95. The van der Waals surface area contributed by atoms with Crippen LogP contribution in [0.4, 0.5) is 0 Å². The summed E-state index contributed by atoms with van der Waals surface area (Å²) < 4.78 is 28.8. The first-order valence-electron chi connectivity index (χ1n) is 9.37. The van der Waals surface area contributed by atoms with Gasteiger partial charge in [0, 0.05) is 35.1 Å². The van der Waals surface area contributed by atoms with Gasteiger partial charge in [-0.25, -0.2) is 13.1 Å². The van der Waals surface area contributed by atoms with Gasteiger partial charge in [-0.2, -0.15) is 0 Å². The van der Waals surface area contributed by atoms with Crippen LogP contribution in [0.2, 0.25) is 0 Å². The molecule has 0 radical (unpaired) electrons. The van der Waals surface area contributed by atoms with E-state index in [1.54, 1.807) is 13.0 Å². The van der Waals surface area contributed by atoms with Crippen molar-refractivity contribution in [2.45, 2.75) is 62.9 Å². The molecule has 2 aromatic rings. The predicted molar refractivity (Wildman–Crippen MR) is 102 cm³/mol. The molecule has 0 spiro atoms. The van der Waals surface area contributed by atoms with Crippen LogP contribution in [0.5, 0.6) is 0 Å². The van der Waals surface area contributed by atoms with Crippen molar-refractivity contribution in [3.8, 4) is 0 Å². The van der Waals surface area contributed by atoms with E-state index in [0.717, 1.165) is 46.9 Å². The first-order chi connectivity index (χ1) is 12.2. The number of fused-ring (bicyclic) bond motifs is 3. The summed E-state index contributed by atoms with van der Waals surface area (Å²) in [6.07, 6.45) is 5.39. The molecule has 26 heavy (non-hydrogen) atoms. The Hall–Kier alpha value is -1.50. The van der Waals surface area contributed by atoms with Crippen molar-refractivity contribution in [3.63, 3.8) is 0 Å². The fourth-order valence-corrected chi connectivity index (χ4v) is 5.23. The number of pyridine rings is 1. The van der Waals surface area contributed by atoms with Gasteiger partial charge in [0.25, 0.3) is 0 Å². The zero-order valence-corrected chi connectivity index (χ0v) is 16.4. The number of sulfonamides is 1. The van der Waals surface area contributed by atoms with Crippen LogP contribution in [0.1, 0.15) is 62.8 Å². The van der Waals surface area contributed by atoms with E-state index >= 15 is 0 Å². The Morgan fingerprint density at radius 2 is 2.04 bits per heavy atom. The van der Waals surface area contributed by atoms with E-state index < -0.39 is 15.6 Å². The number of nitrogens with one attached hydrogen (secondary N) is 1. The van der Waals surface area contributed by atoms with E-state index in [2.05, 4.69) is 9.71 Å². The molecule has 4 rings (SSSR count). The fraction of sp³-hybridized carbons (Fsp3) is 0.550. The molecule has 0 aliphatic heterocycles. The molecule has 140 valence electrons. The van der Waals surface area contributed by atoms with Crippen LogP contribution in [-0.4, -0.2) is 25.1 Å². The molecule has 1 heterocycles. The minimum Gasteiger partial charge on any atom is -0.385 e. The van der Waals surface area contributed by atoms with Gasteiger partial charge in [0.15, 0.2) is 0 Å². The molecule has 2 aliphatic carbocycles. The van der Waals surface area contributed by atoms with Gasteiger partial charge in [0.2, 0.25) is 10.0 Å². The number of hydrogen-bond donors (Lipinski definition) is 2. The number of aryl methyl sites for hydroxylation is 1. The lowest BCUT2D eigenvalue weighted by molar-refractivity contribution is 0.0593. The maximum atomic E-state index is 13.0. The number of rotatable bonds is 5. The number of hydrogen-bond acceptors (Lipinski definition) is 4. The molecule has 1 fully saturated rings. The second-order valence-corrected chi connectivity index (χ2v) is 10.1. The lowest BCUT2D eigenvalue weighted by atomic mass is 9.95. The molecule has 0 saturated heterocycles. The summed E-state index contributed by atoms with van der Waals surface area (Å²) in [4.78, 5) is 4.86. The zero-order valence-electron chi connectivity index (χ0n) is 15.5. The molecule has 0 bridgehead atoms. The normalized spacial score (nSPS) is 23.0. The molecule has 1 aromatic heterocycles. The Labute approximate surface area is 154 Å². The van der Waals surface area contributed by atoms with Crippen molar-refractivity contribution >= 4 is 20.8 Å². The van der Waals surface area contributed by atoms with Crippen LogP contribution >= 0.6 is 0 Å². The Bertz CT molecular complexity index is 976. The molecule has 1 unspecified atom stereocenters. The third kappa shape index (κ3) is 3.04. The highest BCUT2D eigenvalue weighted by Gasteiger charge is 2.36. The van der Waals surface area contributed by atoms with Gasteiger partial charge >= 0.3 is 0 Å². The van der Waals surface area contributed by atoms with Crippen LogP contribution in [0.25, 0.3) is 10.8 Å². The van der Waals surface area contributed by atoms with Crippen molar-refractivity contribution in [1.29, 1.82) is 0 Å². The monoisotopic (exact) mass is 374 g/mol. The van der Waals surface area contributed by atoms with E-state index in [1.165, 1.54) is 0 Å². The molecule has 1 aromatic carbocycles. The molecular formula is C20H26N2O3S. The van der Waals surface area contributed by atoms with Crippen molar-refractivity contribution in [2.75, 3.05) is 6.54 Å². The number of benzene rings is 1. The molecule has 6 heteroatoms. The fourth-order valence-electron chi connectivity index (χ4n) is 3.79. The van der Waals surface area contributed by atoms with Crippen molar-refractivity contribution in [1.82, 2.24) is 9.71 Å². The van der Waals surface area contributed by atoms with Crippen molar-refractivity contribution in [3.05, 3.63) is 35.2 Å². The quantitative estimate of drug-likeness (QED) is 0.842. The summed E-state index contributed by atoms with van der Waals surface area (Å²) in [5.74, 6) is 0.673. The Morgan fingerprint density at radius 1 is 1.31 bits per heavy atom. The standard InChI is InChI=1S/C20H26N2O3S/c1-12(2)10-22-26(24,25)19-9-17-14(6-7-20(17,3)23)16-11-21-18(8-15(16)19)13-4-5-13/h8-9,11-13,22-23H,4-7,10H2,1-3H3. The number of nitrogens with zero attached hydrogens (tertiary/aromatic N) is 1. The van der Waals surface area contributed by atoms with Gasteiger partial charge in [0.1, 0.15) is 0 Å². The minimum atomic E-state index is -3.66. The summed E-state index contributed by atoms with van der Waals surface area (Å²) in [6.45, 7) is 6.10. The summed E-state index contributed by atoms with van der Waals surface area (Å²) in [5.41, 5.74) is 1.72. The third-order valence-corrected chi connectivity index (χ3v) is 6.99. The first-order valence-corrected chi connectivity index (χ1v) is 10.9. The Morgan fingerprint density at radius 3 is 2.69 bits per heavy atom. The van der Waals surface area contributed by atoms with Crippen LogP contribution in [-0.2, 0) is 22.0 Å². The van der Waals surface area contributed by atoms with E-state index in [4.69, 9.17) is 0 Å². The number of aromatic nitrogens is 1. The zero-order chi connectivity index (χ0) is 18.7. The smallest absolute Gasteiger partial charge is 0.241 e. The molecule has 2 N–H and O–H groups in total. The molecule has 0 amide bonds. The lowest BCUT2D eigenvalue weighted by Crippen LogP contribution is -2.28. The van der Waals surface area contributed by atoms with Crippen molar-refractivity contribution < 1.29 is 13.5 Å². The highest BCUT2D eigenvalue weighted by Crippen LogP contribution is 2.44. The van der Waals surface area contributed by atoms with Crippen LogP contribution in [0.3, 0.4) is 0 Å². The molecular weight excluding hydrogens is 348 g/mol. The minimum absolute atomic E-state index is 0.220. The molecule has 5 nitrogen and oxygen atoms in total. The topological polar surface area (TPSA) is 79.3 Å².